The molecule has 0 bridgehead atoms. The average Bonchev–Trinajstić information content (AvgIpc) is 2.97. The van der Waals surface area contributed by atoms with Crippen LogP contribution in [-0.2, 0) is 6.54 Å². The summed E-state index contributed by atoms with van der Waals surface area (Å²) in [5, 5.41) is 10.8. The number of hydrogen-bond donors (Lipinski definition) is 2. The lowest BCUT2D eigenvalue weighted by Gasteiger charge is -2.06. The summed E-state index contributed by atoms with van der Waals surface area (Å²) in [7, 11) is 0. The van der Waals surface area contributed by atoms with Crippen LogP contribution in [0.15, 0.2) is 12.4 Å². The van der Waals surface area contributed by atoms with Gasteiger partial charge in [-0.25, -0.2) is 0 Å². The van der Waals surface area contributed by atoms with E-state index in [1.165, 1.54) is 0 Å². The smallest absolute Gasteiger partial charge is 0.265 e. The zero-order valence-corrected chi connectivity index (χ0v) is 11.6. The number of aromatic nitrogens is 4. The second-order valence-electron chi connectivity index (χ2n) is 4.43. The standard InChI is InChI=1S/C11H16N6OS/c1-7(2)9-10(19-16-15-9)11(18)13-3-4-17-6-8(12)5-14-17/h5-7H,3-4,12H2,1-2H3,(H,13,18). The number of nitrogens with one attached hydrogen (secondary N) is 1. The number of nitrogens with zero attached hydrogens (tertiary/aromatic N) is 4. The van der Waals surface area contributed by atoms with Gasteiger partial charge in [0.1, 0.15) is 4.88 Å². The minimum atomic E-state index is -0.140. The third kappa shape index (κ3) is 3.28. The van der Waals surface area contributed by atoms with Crippen molar-refractivity contribution in [1.29, 1.82) is 0 Å². The molecular weight excluding hydrogens is 264 g/mol. The van der Waals surface area contributed by atoms with Crippen molar-refractivity contribution in [2.24, 2.45) is 0 Å². The fraction of sp³-hybridized carbons (Fsp3) is 0.455. The number of anilines is 1. The highest BCUT2D eigenvalue weighted by Crippen LogP contribution is 2.19. The van der Waals surface area contributed by atoms with E-state index in [-0.39, 0.29) is 11.8 Å². The summed E-state index contributed by atoms with van der Waals surface area (Å²) in [5.41, 5.74) is 6.91. The van der Waals surface area contributed by atoms with Crippen LogP contribution in [0.25, 0.3) is 0 Å². The zero-order chi connectivity index (χ0) is 13.8. The van der Waals surface area contributed by atoms with Gasteiger partial charge in [-0.1, -0.05) is 18.3 Å². The van der Waals surface area contributed by atoms with E-state index >= 15 is 0 Å². The van der Waals surface area contributed by atoms with Crippen LogP contribution in [-0.4, -0.2) is 31.8 Å². The highest BCUT2D eigenvalue weighted by molar-refractivity contribution is 7.08. The molecule has 0 spiro atoms. The van der Waals surface area contributed by atoms with E-state index in [0.717, 1.165) is 17.2 Å². The number of rotatable bonds is 5. The number of carbonyl (C=O) groups excluding carboxylic acids is 1. The summed E-state index contributed by atoms with van der Waals surface area (Å²) in [6.07, 6.45) is 3.30. The maximum Gasteiger partial charge on any atom is 0.265 e. The summed E-state index contributed by atoms with van der Waals surface area (Å²) in [6, 6.07) is 0. The Morgan fingerprint density at radius 3 is 3.00 bits per heavy atom. The van der Waals surface area contributed by atoms with Crippen molar-refractivity contribution in [2.75, 3.05) is 12.3 Å². The summed E-state index contributed by atoms with van der Waals surface area (Å²) < 4.78 is 5.52. The molecule has 2 heterocycles. The first-order valence-corrected chi connectivity index (χ1v) is 6.73. The van der Waals surface area contributed by atoms with Crippen LogP contribution < -0.4 is 11.1 Å². The first-order valence-electron chi connectivity index (χ1n) is 5.96. The Hall–Kier alpha value is -1.96. The molecule has 2 rings (SSSR count). The number of hydrogen-bond acceptors (Lipinski definition) is 6. The molecule has 2 aromatic rings. The van der Waals surface area contributed by atoms with Gasteiger partial charge in [-0.3, -0.25) is 9.48 Å². The van der Waals surface area contributed by atoms with Gasteiger partial charge in [0.05, 0.1) is 24.1 Å². The zero-order valence-electron chi connectivity index (χ0n) is 10.8. The molecule has 1 amide bonds. The predicted octanol–water partition coefficient (Wildman–Crippen LogP) is 0.870. The van der Waals surface area contributed by atoms with E-state index in [9.17, 15) is 4.79 Å². The number of amides is 1. The molecule has 7 nitrogen and oxygen atoms in total. The van der Waals surface area contributed by atoms with E-state index in [4.69, 9.17) is 5.73 Å². The molecule has 0 fully saturated rings. The van der Waals surface area contributed by atoms with Crippen molar-refractivity contribution in [3.8, 4) is 0 Å². The lowest BCUT2D eigenvalue weighted by Crippen LogP contribution is -2.27. The Labute approximate surface area is 115 Å². The third-order valence-electron chi connectivity index (χ3n) is 2.55. The fourth-order valence-corrected chi connectivity index (χ4v) is 2.33. The first-order chi connectivity index (χ1) is 9.08. The summed E-state index contributed by atoms with van der Waals surface area (Å²) in [6.45, 7) is 5.03. The topological polar surface area (TPSA) is 98.7 Å². The summed E-state index contributed by atoms with van der Waals surface area (Å²) in [5.74, 6) is 0.0456. The van der Waals surface area contributed by atoms with E-state index in [2.05, 4.69) is 20.0 Å². The normalized spacial score (nSPS) is 10.9. The molecule has 19 heavy (non-hydrogen) atoms. The summed E-state index contributed by atoms with van der Waals surface area (Å²) >= 11 is 1.12. The summed E-state index contributed by atoms with van der Waals surface area (Å²) in [4.78, 5) is 12.6. The van der Waals surface area contributed by atoms with Crippen LogP contribution in [0.1, 0.15) is 35.1 Å². The molecule has 2 aromatic heterocycles. The van der Waals surface area contributed by atoms with Gasteiger partial charge in [0.2, 0.25) is 0 Å². The molecule has 0 unspecified atom stereocenters. The van der Waals surface area contributed by atoms with Gasteiger partial charge in [0.25, 0.3) is 5.91 Å². The first kappa shape index (κ1) is 13.5. The van der Waals surface area contributed by atoms with Gasteiger partial charge in [-0.2, -0.15) is 5.10 Å². The second kappa shape index (κ2) is 5.79. The van der Waals surface area contributed by atoms with Gasteiger partial charge in [-0.15, -0.1) is 5.10 Å². The lowest BCUT2D eigenvalue weighted by atomic mass is 10.1. The Morgan fingerprint density at radius 2 is 2.37 bits per heavy atom. The minimum absolute atomic E-state index is 0.140. The SMILES string of the molecule is CC(C)c1nnsc1C(=O)NCCn1cc(N)cn1. The number of carbonyl (C=O) groups is 1. The molecule has 3 N–H and O–H groups in total. The highest BCUT2D eigenvalue weighted by atomic mass is 32.1. The van der Waals surface area contributed by atoms with Gasteiger partial charge >= 0.3 is 0 Å². The third-order valence-corrected chi connectivity index (χ3v) is 3.29. The van der Waals surface area contributed by atoms with Crippen molar-refractivity contribution in [2.45, 2.75) is 26.3 Å². The Bertz CT molecular complexity index is 561. The van der Waals surface area contributed by atoms with Gasteiger partial charge in [0.15, 0.2) is 0 Å². The van der Waals surface area contributed by atoms with E-state index in [0.29, 0.717) is 23.7 Å². The molecule has 0 radical (unpaired) electrons. The molecule has 0 aliphatic rings. The van der Waals surface area contributed by atoms with Gasteiger partial charge in [-0.05, 0) is 17.5 Å². The Kier molecular flexibility index (Phi) is 4.10. The predicted molar refractivity (Wildman–Crippen MR) is 73.0 cm³/mol. The van der Waals surface area contributed by atoms with Crippen LogP contribution in [0.2, 0.25) is 0 Å². The fourth-order valence-electron chi connectivity index (χ4n) is 1.60. The maximum absolute atomic E-state index is 12.0. The monoisotopic (exact) mass is 280 g/mol. The molecule has 0 aliphatic carbocycles. The second-order valence-corrected chi connectivity index (χ2v) is 5.19. The lowest BCUT2D eigenvalue weighted by molar-refractivity contribution is 0.0954. The molecule has 0 atom stereocenters. The molecule has 0 aromatic carbocycles. The van der Waals surface area contributed by atoms with Crippen LogP contribution in [0.3, 0.4) is 0 Å². The van der Waals surface area contributed by atoms with E-state index < -0.39 is 0 Å². The minimum Gasteiger partial charge on any atom is -0.396 e. The maximum atomic E-state index is 12.0. The van der Waals surface area contributed by atoms with E-state index in [1.807, 2.05) is 13.8 Å². The van der Waals surface area contributed by atoms with Crippen molar-refractivity contribution in [1.82, 2.24) is 24.7 Å². The number of nitrogen functional groups attached to an aromatic ring is 1. The van der Waals surface area contributed by atoms with Crippen molar-refractivity contribution in [3.63, 3.8) is 0 Å². The Balaban J connectivity index is 1.89. The van der Waals surface area contributed by atoms with Crippen LogP contribution in [0, 0.1) is 0 Å². The van der Waals surface area contributed by atoms with Crippen LogP contribution in [0.4, 0.5) is 5.69 Å². The molecular formula is C11H16N6OS. The van der Waals surface area contributed by atoms with Gasteiger partial charge < -0.3 is 11.1 Å². The van der Waals surface area contributed by atoms with Crippen molar-refractivity contribution >= 4 is 23.1 Å². The molecule has 102 valence electrons. The molecule has 0 aliphatic heterocycles. The quantitative estimate of drug-likeness (QED) is 0.846. The number of nitrogens with two attached hydrogens (primary N) is 1. The largest absolute Gasteiger partial charge is 0.396 e. The van der Waals surface area contributed by atoms with Crippen LogP contribution in [0.5, 0.6) is 0 Å². The van der Waals surface area contributed by atoms with Crippen molar-refractivity contribution < 1.29 is 4.79 Å². The van der Waals surface area contributed by atoms with Crippen molar-refractivity contribution in [3.05, 3.63) is 23.0 Å². The van der Waals surface area contributed by atoms with Crippen LogP contribution >= 0.6 is 11.5 Å². The van der Waals surface area contributed by atoms with Gasteiger partial charge in [0, 0.05) is 12.7 Å². The Morgan fingerprint density at radius 1 is 1.58 bits per heavy atom. The molecule has 0 saturated carbocycles. The molecule has 0 saturated heterocycles. The average molecular weight is 280 g/mol. The molecule has 8 heteroatoms. The van der Waals surface area contributed by atoms with E-state index in [1.54, 1.807) is 17.1 Å². The highest BCUT2D eigenvalue weighted by Gasteiger charge is 2.18.